The number of ketones is 1. The summed E-state index contributed by atoms with van der Waals surface area (Å²) in [6, 6.07) is 6.73. The first kappa shape index (κ1) is 19.6. The van der Waals surface area contributed by atoms with Gasteiger partial charge in [-0.3, -0.25) is 9.59 Å². The maximum absolute atomic E-state index is 13.5. The van der Waals surface area contributed by atoms with Gasteiger partial charge in [-0.15, -0.1) is 0 Å². The fourth-order valence-corrected chi connectivity index (χ4v) is 4.55. The minimum atomic E-state index is -0.306. The molecule has 1 atom stereocenters. The summed E-state index contributed by atoms with van der Waals surface area (Å²) >= 11 is 6.28. The van der Waals surface area contributed by atoms with E-state index < -0.39 is 0 Å². The standard InChI is InChI=1S/C22H17ClN8O2/c1-12(32)13-10-25-19-17(13)21(27-11-26-19)29-8-6-15(29)20-28-30-9-5-14(23)18(30)22(33)31(20)16-4-2-3-7-24-16/h2-5,7,9-11,15H,6,8H2,1H3,(H,25,26,27)/t15-/m0/s1. The number of hydrogen-bond acceptors (Lipinski definition) is 7. The number of hydrogen-bond donors (Lipinski definition) is 1. The van der Waals surface area contributed by atoms with Gasteiger partial charge in [0.05, 0.1) is 16.5 Å². The minimum Gasteiger partial charge on any atom is -0.345 e. The number of pyridine rings is 1. The van der Waals surface area contributed by atoms with Gasteiger partial charge in [0.2, 0.25) is 0 Å². The summed E-state index contributed by atoms with van der Waals surface area (Å²) in [5.74, 6) is 1.50. The van der Waals surface area contributed by atoms with E-state index >= 15 is 0 Å². The number of Topliss-reactive ketones (excluding diaryl/α,β-unsaturated/α-hetero) is 1. The van der Waals surface area contributed by atoms with Crippen LogP contribution < -0.4 is 10.5 Å². The first-order chi connectivity index (χ1) is 16.0. The topological polar surface area (TPSA) is 114 Å². The number of halogens is 1. The van der Waals surface area contributed by atoms with Gasteiger partial charge in [0.15, 0.2) is 11.6 Å². The van der Waals surface area contributed by atoms with E-state index in [0.717, 1.165) is 6.42 Å². The maximum Gasteiger partial charge on any atom is 0.285 e. The molecule has 1 saturated heterocycles. The largest absolute Gasteiger partial charge is 0.345 e. The smallest absolute Gasteiger partial charge is 0.285 e. The van der Waals surface area contributed by atoms with Crippen molar-refractivity contribution in [2.24, 2.45) is 0 Å². The van der Waals surface area contributed by atoms with Crippen molar-refractivity contribution in [2.75, 3.05) is 11.4 Å². The van der Waals surface area contributed by atoms with Gasteiger partial charge in [0.1, 0.15) is 29.1 Å². The minimum absolute atomic E-state index is 0.0821. The molecule has 6 heterocycles. The van der Waals surface area contributed by atoms with E-state index in [1.807, 2.05) is 11.0 Å². The van der Waals surface area contributed by atoms with Crippen LogP contribution in [0, 0.1) is 0 Å². The highest BCUT2D eigenvalue weighted by atomic mass is 35.5. The van der Waals surface area contributed by atoms with Gasteiger partial charge in [-0.25, -0.2) is 24.0 Å². The third-order valence-corrected chi connectivity index (χ3v) is 6.26. The summed E-state index contributed by atoms with van der Waals surface area (Å²) in [7, 11) is 0. The normalized spacial score (nSPS) is 15.8. The number of nitrogens with zero attached hydrogens (tertiary/aromatic N) is 7. The van der Waals surface area contributed by atoms with E-state index in [1.165, 1.54) is 22.3 Å². The van der Waals surface area contributed by atoms with Crippen LogP contribution in [0.4, 0.5) is 5.82 Å². The van der Waals surface area contributed by atoms with E-state index in [-0.39, 0.29) is 22.9 Å². The van der Waals surface area contributed by atoms with Crippen molar-refractivity contribution in [3.63, 3.8) is 0 Å². The molecule has 0 radical (unpaired) electrons. The van der Waals surface area contributed by atoms with Crippen LogP contribution in [-0.2, 0) is 0 Å². The van der Waals surface area contributed by atoms with Crippen molar-refractivity contribution < 1.29 is 4.79 Å². The molecule has 11 heteroatoms. The molecule has 0 aromatic carbocycles. The molecule has 33 heavy (non-hydrogen) atoms. The number of fused-ring (bicyclic) bond motifs is 2. The fraction of sp³-hybridized carbons (Fsp3) is 0.182. The van der Waals surface area contributed by atoms with Crippen molar-refractivity contribution >= 4 is 39.8 Å². The van der Waals surface area contributed by atoms with Gasteiger partial charge in [-0.2, -0.15) is 5.10 Å². The summed E-state index contributed by atoms with van der Waals surface area (Å²) in [4.78, 5) is 43.9. The highest BCUT2D eigenvalue weighted by Crippen LogP contribution is 2.39. The Balaban J connectivity index is 1.57. The second kappa shape index (κ2) is 7.24. The molecule has 0 spiro atoms. The SMILES string of the molecule is CC(=O)c1c[nH]c2ncnc(N3CC[C@H]3c3nn4ccc(Cl)c4c(=O)n3-c3ccccn3)c12. The third-order valence-electron chi connectivity index (χ3n) is 5.96. The molecule has 1 fully saturated rings. The number of aromatic amines is 1. The third kappa shape index (κ3) is 2.87. The molecular weight excluding hydrogens is 444 g/mol. The molecule has 6 rings (SSSR count). The summed E-state index contributed by atoms with van der Waals surface area (Å²) in [5, 5.41) is 5.73. The molecule has 0 aliphatic carbocycles. The molecule has 1 aliphatic heterocycles. The Kier molecular flexibility index (Phi) is 4.31. The van der Waals surface area contributed by atoms with Crippen molar-refractivity contribution in [1.29, 1.82) is 0 Å². The summed E-state index contributed by atoms with van der Waals surface area (Å²) in [5.41, 5.74) is 1.08. The van der Waals surface area contributed by atoms with Crippen LogP contribution in [0.5, 0.6) is 0 Å². The van der Waals surface area contributed by atoms with Crippen LogP contribution in [-0.4, -0.2) is 46.4 Å². The Morgan fingerprint density at radius 3 is 2.82 bits per heavy atom. The van der Waals surface area contributed by atoms with Crippen LogP contribution in [0.3, 0.4) is 0 Å². The molecule has 5 aromatic heterocycles. The summed E-state index contributed by atoms with van der Waals surface area (Å²) < 4.78 is 3.00. The number of H-pyrrole nitrogens is 1. The lowest BCUT2D eigenvalue weighted by molar-refractivity contribution is 0.101. The number of aromatic nitrogens is 7. The van der Waals surface area contributed by atoms with Gasteiger partial charge >= 0.3 is 0 Å². The zero-order valence-corrected chi connectivity index (χ0v) is 18.2. The van der Waals surface area contributed by atoms with Crippen molar-refractivity contribution in [2.45, 2.75) is 19.4 Å². The number of rotatable bonds is 4. The first-order valence-corrected chi connectivity index (χ1v) is 10.7. The lowest BCUT2D eigenvalue weighted by Crippen LogP contribution is -2.45. The monoisotopic (exact) mass is 460 g/mol. The molecular formula is C22H17ClN8O2. The molecule has 0 bridgehead atoms. The predicted octanol–water partition coefficient (Wildman–Crippen LogP) is 2.96. The highest BCUT2D eigenvalue weighted by molar-refractivity contribution is 6.33. The number of carbonyl (C=O) groups is 1. The lowest BCUT2D eigenvalue weighted by Gasteiger charge is -2.42. The maximum atomic E-state index is 13.5. The molecule has 0 saturated carbocycles. The quantitative estimate of drug-likeness (QED) is 0.410. The second-order valence-corrected chi connectivity index (χ2v) is 8.23. The van der Waals surface area contributed by atoms with Crippen molar-refractivity contribution in [3.8, 4) is 5.82 Å². The van der Waals surface area contributed by atoms with E-state index in [0.29, 0.717) is 45.6 Å². The van der Waals surface area contributed by atoms with Crippen LogP contribution in [0.15, 0.2) is 54.0 Å². The second-order valence-electron chi connectivity index (χ2n) is 7.82. The average Bonchev–Trinajstić information content (AvgIpc) is 3.38. The molecule has 164 valence electrons. The van der Waals surface area contributed by atoms with Gasteiger partial charge in [0.25, 0.3) is 5.56 Å². The zero-order valence-electron chi connectivity index (χ0n) is 17.4. The fourth-order valence-electron chi connectivity index (χ4n) is 4.32. The number of nitrogens with one attached hydrogen (secondary N) is 1. The molecule has 1 N–H and O–H groups in total. The number of carbonyl (C=O) groups excluding carboxylic acids is 1. The van der Waals surface area contributed by atoms with Crippen LogP contribution in [0.2, 0.25) is 5.02 Å². The van der Waals surface area contributed by atoms with Crippen LogP contribution >= 0.6 is 11.6 Å². The van der Waals surface area contributed by atoms with Gasteiger partial charge in [-0.1, -0.05) is 17.7 Å². The van der Waals surface area contributed by atoms with Gasteiger partial charge < -0.3 is 9.88 Å². The van der Waals surface area contributed by atoms with E-state index in [2.05, 4.69) is 19.9 Å². The molecule has 0 unspecified atom stereocenters. The van der Waals surface area contributed by atoms with Crippen LogP contribution in [0.25, 0.3) is 22.4 Å². The Morgan fingerprint density at radius 1 is 1.21 bits per heavy atom. The Labute approximate surface area is 191 Å². The molecule has 5 aromatic rings. The summed E-state index contributed by atoms with van der Waals surface area (Å²) in [6.45, 7) is 2.19. The van der Waals surface area contributed by atoms with Gasteiger partial charge in [0, 0.05) is 30.7 Å². The summed E-state index contributed by atoms with van der Waals surface area (Å²) in [6.07, 6.45) is 7.14. The van der Waals surface area contributed by atoms with Crippen LogP contribution in [0.1, 0.15) is 35.6 Å². The van der Waals surface area contributed by atoms with Crippen molar-refractivity contribution in [1.82, 2.24) is 34.1 Å². The van der Waals surface area contributed by atoms with E-state index in [4.69, 9.17) is 16.7 Å². The molecule has 0 amide bonds. The highest BCUT2D eigenvalue weighted by Gasteiger charge is 2.37. The van der Waals surface area contributed by atoms with Crippen molar-refractivity contribution in [3.05, 3.63) is 75.9 Å². The average molecular weight is 461 g/mol. The van der Waals surface area contributed by atoms with E-state index in [1.54, 1.807) is 36.8 Å². The van der Waals surface area contributed by atoms with E-state index in [9.17, 15) is 9.59 Å². The molecule has 10 nitrogen and oxygen atoms in total. The first-order valence-electron chi connectivity index (χ1n) is 10.4. The number of anilines is 1. The zero-order chi connectivity index (χ0) is 22.7. The Hall–Kier alpha value is -4.05. The lowest BCUT2D eigenvalue weighted by atomic mass is 10.0. The Bertz CT molecular complexity index is 1600. The Morgan fingerprint density at radius 2 is 2.09 bits per heavy atom. The molecule has 1 aliphatic rings. The van der Waals surface area contributed by atoms with Gasteiger partial charge in [-0.05, 0) is 31.5 Å². The predicted molar refractivity (Wildman–Crippen MR) is 122 cm³/mol.